The van der Waals surface area contributed by atoms with Crippen LogP contribution in [0.5, 0.6) is 0 Å². The summed E-state index contributed by atoms with van der Waals surface area (Å²) in [5.41, 5.74) is 9.43. The van der Waals surface area contributed by atoms with Gasteiger partial charge in [-0.3, -0.25) is 4.79 Å². The fraction of sp³-hybridized carbons (Fsp3) is 0.667. The van der Waals surface area contributed by atoms with Gasteiger partial charge in [0, 0.05) is 12.0 Å². The van der Waals surface area contributed by atoms with Gasteiger partial charge in [-0.05, 0) is 60.3 Å². The van der Waals surface area contributed by atoms with Crippen molar-refractivity contribution in [3.8, 4) is 0 Å². The van der Waals surface area contributed by atoms with Gasteiger partial charge in [-0.1, -0.05) is 44.6 Å². The minimum Gasteiger partial charge on any atom is -0.368 e. The molecule has 0 spiro atoms. The van der Waals surface area contributed by atoms with Crippen molar-refractivity contribution in [3.63, 3.8) is 0 Å². The zero-order chi connectivity index (χ0) is 17.8. The van der Waals surface area contributed by atoms with E-state index in [0.29, 0.717) is 17.4 Å². The normalized spacial score (nSPS) is 20.1. The van der Waals surface area contributed by atoms with Crippen molar-refractivity contribution < 1.29 is 15.0 Å². The van der Waals surface area contributed by atoms with Crippen LogP contribution in [0.2, 0.25) is 0 Å². The summed E-state index contributed by atoms with van der Waals surface area (Å²) < 4.78 is 0. The lowest BCUT2D eigenvalue weighted by Crippen LogP contribution is -2.23. The monoisotopic (exact) mass is 345 g/mol. The lowest BCUT2D eigenvalue weighted by atomic mass is 9.73. The smallest absolute Gasteiger partial charge is 0.248 e. The number of carbonyl (C=O) groups excluding carboxylic acids is 1. The highest BCUT2D eigenvalue weighted by Gasteiger charge is 2.29. The Morgan fingerprint density at radius 3 is 2.04 bits per heavy atom. The van der Waals surface area contributed by atoms with Crippen LogP contribution < -0.4 is 5.73 Å². The quantitative estimate of drug-likeness (QED) is 0.711. The average molecular weight is 345 g/mol. The number of amides is 1. The summed E-state index contributed by atoms with van der Waals surface area (Å²) in [6.45, 7) is 0. The van der Waals surface area contributed by atoms with E-state index in [1.54, 1.807) is 0 Å². The molecule has 4 nitrogen and oxygen atoms in total. The summed E-state index contributed by atoms with van der Waals surface area (Å²) in [5.74, 6) is 0.476. The number of aliphatic hydroxyl groups is 2. The number of hydrogen-bond donors (Lipinski definition) is 3. The third-order valence-corrected chi connectivity index (χ3v) is 6.10. The van der Waals surface area contributed by atoms with Gasteiger partial charge >= 0.3 is 0 Å². The molecule has 0 unspecified atom stereocenters. The second-order valence-electron chi connectivity index (χ2n) is 7.81. The van der Waals surface area contributed by atoms with E-state index in [1.807, 2.05) is 6.07 Å². The van der Waals surface area contributed by atoms with Gasteiger partial charge in [-0.25, -0.2) is 0 Å². The van der Waals surface area contributed by atoms with Gasteiger partial charge in [0.1, 0.15) is 0 Å². The van der Waals surface area contributed by atoms with Crippen LogP contribution in [0.15, 0.2) is 12.1 Å². The average Bonchev–Trinajstić information content (AvgIpc) is 2.62. The first-order valence-electron chi connectivity index (χ1n) is 9.89. The Bertz CT molecular complexity index is 599. The molecule has 2 aliphatic rings. The van der Waals surface area contributed by atoms with Gasteiger partial charge in [-0.15, -0.1) is 0 Å². The van der Waals surface area contributed by atoms with Crippen molar-refractivity contribution in [1.82, 2.24) is 0 Å². The fourth-order valence-corrected chi connectivity index (χ4v) is 4.96. The Kier molecular flexibility index (Phi) is 6.13. The highest BCUT2D eigenvalue weighted by Crippen LogP contribution is 2.43. The molecule has 0 aliphatic heterocycles. The summed E-state index contributed by atoms with van der Waals surface area (Å²) in [7, 11) is 0. The van der Waals surface area contributed by atoms with Crippen molar-refractivity contribution >= 4 is 5.91 Å². The molecule has 0 saturated heterocycles. The molecule has 138 valence electrons. The second-order valence-corrected chi connectivity index (χ2v) is 7.81. The Morgan fingerprint density at radius 2 is 1.52 bits per heavy atom. The maximum Gasteiger partial charge on any atom is 0.248 e. The Labute approximate surface area is 150 Å². The van der Waals surface area contributed by atoms with Crippen LogP contribution >= 0.6 is 0 Å². The van der Waals surface area contributed by atoms with Gasteiger partial charge in [0.05, 0.1) is 0 Å². The van der Waals surface area contributed by atoms with Crippen molar-refractivity contribution in [1.29, 1.82) is 0 Å². The largest absolute Gasteiger partial charge is 0.368 e. The molecule has 2 saturated carbocycles. The summed E-state index contributed by atoms with van der Waals surface area (Å²) >= 11 is 0. The molecule has 2 fully saturated rings. The predicted molar refractivity (Wildman–Crippen MR) is 98.5 cm³/mol. The number of rotatable bonds is 5. The van der Waals surface area contributed by atoms with Crippen LogP contribution in [0.1, 0.15) is 103 Å². The number of aliphatic hydroxyl groups excluding tert-OH is 1. The Morgan fingerprint density at radius 1 is 0.960 bits per heavy atom. The lowest BCUT2D eigenvalue weighted by Gasteiger charge is -2.32. The molecule has 0 atom stereocenters. The molecule has 4 N–H and O–H groups in total. The highest BCUT2D eigenvalue weighted by molar-refractivity contribution is 5.95. The van der Waals surface area contributed by atoms with E-state index in [-0.39, 0.29) is 6.42 Å². The maximum atomic E-state index is 12.0. The zero-order valence-corrected chi connectivity index (χ0v) is 15.0. The summed E-state index contributed by atoms with van der Waals surface area (Å²) in [4.78, 5) is 12.0. The van der Waals surface area contributed by atoms with Crippen molar-refractivity contribution in [2.24, 2.45) is 5.73 Å². The second kappa shape index (κ2) is 8.33. The van der Waals surface area contributed by atoms with Gasteiger partial charge in [0.2, 0.25) is 5.91 Å². The first-order valence-corrected chi connectivity index (χ1v) is 9.89. The highest BCUT2D eigenvalue weighted by atomic mass is 16.5. The number of primary amides is 1. The topological polar surface area (TPSA) is 83.6 Å². The number of nitrogens with two attached hydrogens (primary N) is 1. The molecule has 0 aromatic heterocycles. The maximum absolute atomic E-state index is 12.0. The van der Waals surface area contributed by atoms with Crippen LogP contribution in [0.25, 0.3) is 0 Å². The molecule has 1 aromatic carbocycles. The molecule has 1 aromatic rings. The number of carbonyl (C=O) groups is 1. The molecule has 4 heteroatoms. The summed E-state index contributed by atoms with van der Waals surface area (Å²) in [6.07, 6.45) is 10.7. The number of hydrogen-bond acceptors (Lipinski definition) is 3. The molecule has 1 amide bonds. The molecule has 2 aliphatic carbocycles. The standard InChI is InChI=1S/C21H31NO3/c22-21(25)17-12-11-16(14-7-3-1-4-8-14)20(18(17)13-19(23)24)15-9-5-2-6-10-15/h11-12,14-15,19,23-24H,1-10,13H2,(H2,22,25). The first kappa shape index (κ1) is 18.4. The summed E-state index contributed by atoms with van der Waals surface area (Å²) in [5, 5.41) is 19.3. The van der Waals surface area contributed by atoms with E-state index in [1.165, 1.54) is 62.5 Å². The van der Waals surface area contributed by atoms with E-state index < -0.39 is 12.2 Å². The van der Waals surface area contributed by atoms with Crippen molar-refractivity contribution in [3.05, 3.63) is 34.4 Å². The van der Waals surface area contributed by atoms with E-state index in [2.05, 4.69) is 6.07 Å². The molecule has 0 heterocycles. The third kappa shape index (κ3) is 4.24. The number of benzene rings is 1. The van der Waals surface area contributed by atoms with Gasteiger partial charge in [-0.2, -0.15) is 0 Å². The van der Waals surface area contributed by atoms with Crippen LogP contribution in [-0.2, 0) is 6.42 Å². The third-order valence-electron chi connectivity index (χ3n) is 6.10. The van der Waals surface area contributed by atoms with Gasteiger partial charge in [0.25, 0.3) is 0 Å². The van der Waals surface area contributed by atoms with Crippen LogP contribution in [0.3, 0.4) is 0 Å². The molecule has 0 bridgehead atoms. The Balaban J connectivity index is 2.10. The van der Waals surface area contributed by atoms with E-state index in [4.69, 9.17) is 5.73 Å². The first-order chi connectivity index (χ1) is 12.1. The molecule has 25 heavy (non-hydrogen) atoms. The van der Waals surface area contributed by atoms with Crippen LogP contribution in [0.4, 0.5) is 0 Å². The predicted octanol–water partition coefficient (Wildman–Crippen LogP) is 3.73. The lowest BCUT2D eigenvalue weighted by molar-refractivity contribution is -0.0384. The van der Waals surface area contributed by atoms with Crippen molar-refractivity contribution in [2.75, 3.05) is 0 Å². The minimum absolute atomic E-state index is 0.0880. The zero-order valence-electron chi connectivity index (χ0n) is 15.0. The Hall–Kier alpha value is -1.39. The van der Waals surface area contributed by atoms with Crippen LogP contribution in [-0.4, -0.2) is 22.4 Å². The van der Waals surface area contributed by atoms with Gasteiger partial charge in [0.15, 0.2) is 6.29 Å². The van der Waals surface area contributed by atoms with Gasteiger partial charge < -0.3 is 15.9 Å². The van der Waals surface area contributed by atoms with E-state index in [0.717, 1.165) is 18.4 Å². The summed E-state index contributed by atoms with van der Waals surface area (Å²) in [6, 6.07) is 3.92. The molecular weight excluding hydrogens is 314 g/mol. The van der Waals surface area contributed by atoms with Crippen LogP contribution in [0, 0.1) is 0 Å². The molecule has 3 rings (SSSR count). The van der Waals surface area contributed by atoms with E-state index >= 15 is 0 Å². The minimum atomic E-state index is -1.46. The van der Waals surface area contributed by atoms with E-state index in [9.17, 15) is 15.0 Å². The molecule has 0 radical (unpaired) electrons. The SMILES string of the molecule is NC(=O)c1ccc(C2CCCCC2)c(C2CCCCC2)c1CC(O)O. The van der Waals surface area contributed by atoms with Crippen molar-refractivity contribution in [2.45, 2.75) is 88.8 Å². The fourth-order valence-electron chi connectivity index (χ4n) is 4.96. The molecular formula is C21H31NO3.